The summed E-state index contributed by atoms with van der Waals surface area (Å²) in [5.74, 6) is 0. The van der Waals surface area contributed by atoms with Crippen molar-refractivity contribution in [3.63, 3.8) is 0 Å². The first kappa shape index (κ1) is 14.0. The van der Waals surface area contributed by atoms with Gasteiger partial charge >= 0.3 is 0 Å². The molecule has 1 heterocycles. The summed E-state index contributed by atoms with van der Waals surface area (Å²) >= 11 is 8.40. The second-order valence-corrected chi connectivity index (χ2v) is 7.22. The van der Waals surface area contributed by atoms with Gasteiger partial charge < -0.3 is 10.2 Å². The molecule has 2 rings (SSSR count). The number of hydrogen-bond donors (Lipinski definition) is 1. The Morgan fingerprint density at radius 2 is 2.00 bits per heavy atom. The molecule has 4 heteroatoms. The highest BCUT2D eigenvalue weighted by atomic mass is 35.5. The molecule has 1 aromatic rings. The van der Waals surface area contributed by atoms with Gasteiger partial charge in [0.05, 0.1) is 0 Å². The normalized spacial score (nSPS) is 24.3. The summed E-state index contributed by atoms with van der Waals surface area (Å²) in [4.78, 5) is 2.48. The molecule has 1 aliphatic rings. The zero-order valence-corrected chi connectivity index (χ0v) is 12.8. The zero-order chi connectivity index (χ0) is 13.1. The highest BCUT2D eigenvalue weighted by Gasteiger charge is 2.24. The van der Waals surface area contributed by atoms with Crippen LogP contribution in [0.1, 0.15) is 19.4 Å². The predicted molar refractivity (Wildman–Crippen MR) is 82.9 cm³/mol. The van der Waals surface area contributed by atoms with Crippen molar-refractivity contribution in [3.8, 4) is 0 Å². The summed E-state index contributed by atoms with van der Waals surface area (Å²) in [5, 5.41) is 5.42. The van der Waals surface area contributed by atoms with Crippen molar-refractivity contribution < 1.29 is 0 Å². The Morgan fingerprint density at radius 1 is 1.33 bits per heavy atom. The average Bonchev–Trinajstić information content (AvgIpc) is 2.30. The Kier molecular flexibility index (Phi) is 4.82. The van der Waals surface area contributed by atoms with Crippen LogP contribution in [0.4, 0.5) is 5.69 Å². The fourth-order valence-corrected chi connectivity index (χ4v) is 4.13. The van der Waals surface area contributed by atoms with Crippen molar-refractivity contribution in [2.45, 2.75) is 30.9 Å². The Morgan fingerprint density at radius 3 is 2.61 bits per heavy atom. The van der Waals surface area contributed by atoms with Crippen LogP contribution in [-0.4, -0.2) is 30.6 Å². The molecule has 18 heavy (non-hydrogen) atoms. The van der Waals surface area contributed by atoms with E-state index in [1.54, 1.807) is 0 Å². The Bertz CT molecular complexity index is 401. The van der Waals surface area contributed by atoms with Crippen LogP contribution in [-0.2, 0) is 6.54 Å². The number of anilines is 1. The summed E-state index contributed by atoms with van der Waals surface area (Å²) in [6.07, 6.45) is 0. The maximum atomic E-state index is 6.33. The van der Waals surface area contributed by atoms with E-state index in [2.05, 4.69) is 41.9 Å². The molecule has 1 saturated heterocycles. The smallest absolute Gasteiger partial charge is 0.0471 e. The van der Waals surface area contributed by atoms with Crippen molar-refractivity contribution in [3.05, 3.63) is 28.8 Å². The van der Waals surface area contributed by atoms with E-state index in [9.17, 15) is 0 Å². The number of benzene rings is 1. The van der Waals surface area contributed by atoms with Crippen LogP contribution < -0.4 is 10.2 Å². The van der Waals surface area contributed by atoms with Gasteiger partial charge in [-0.15, -0.1) is 0 Å². The lowest BCUT2D eigenvalue weighted by atomic mass is 10.1. The van der Waals surface area contributed by atoms with Gasteiger partial charge in [-0.1, -0.05) is 31.5 Å². The maximum Gasteiger partial charge on any atom is 0.0471 e. The van der Waals surface area contributed by atoms with E-state index < -0.39 is 0 Å². The van der Waals surface area contributed by atoms with Gasteiger partial charge in [-0.25, -0.2) is 0 Å². The first-order valence-corrected chi connectivity index (χ1v) is 7.76. The number of nitrogens with one attached hydrogen (secondary N) is 1. The largest absolute Gasteiger partial charge is 0.369 e. The van der Waals surface area contributed by atoms with Crippen LogP contribution in [0.5, 0.6) is 0 Å². The third kappa shape index (κ3) is 3.14. The van der Waals surface area contributed by atoms with Crippen LogP contribution in [0.25, 0.3) is 0 Å². The lowest BCUT2D eigenvalue weighted by Gasteiger charge is -2.37. The van der Waals surface area contributed by atoms with Crippen LogP contribution in [0.2, 0.25) is 5.02 Å². The van der Waals surface area contributed by atoms with Gasteiger partial charge in [-0.05, 0) is 19.2 Å². The summed E-state index contributed by atoms with van der Waals surface area (Å²) in [6, 6.07) is 6.21. The molecular weight excluding hydrogens is 264 g/mol. The molecule has 1 N–H and O–H groups in total. The molecular formula is C14H21ClN2S. The molecule has 1 aromatic carbocycles. The van der Waals surface area contributed by atoms with Gasteiger partial charge in [0.1, 0.15) is 0 Å². The van der Waals surface area contributed by atoms with Gasteiger partial charge in [-0.3, -0.25) is 0 Å². The van der Waals surface area contributed by atoms with Crippen molar-refractivity contribution in [1.29, 1.82) is 0 Å². The minimum Gasteiger partial charge on any atom is -0.369 e. The summed E-state index contributed by atoms with van der Waals surface area (Å²) < 4.78 is 0. The van der Waals surface area contributed by atoms with Gasteiger partial charge in [0.2, 0.25) is 0 Å². The Labute approximate surface area is 119 Å². The van der Waals surface area contributed by atoms with Crippen LogP contribution in [0.3, 0.4) is 0 Å². The maximum absolute atomic E-state index is 6.33. The topological polar surface area (TPSA) is 15.3 Å². The molecule has 2 unspecified atom stereocenters. The van der Waals surface area contributed by atoms with Crippen LogP contribution in [0, 0.1) is 0 Å². The van der Waals surface area contributed by atoms with Crippen molar-refractivity contribution in [2.24, 2.45) is 0 Å². The Hall–Kier alpha value is -0.380. The third-order valence-electron chi connectivity index (χ3n) is 3.21. The van der Waals surface area contributed by atoms with Gasteiger partial charge in [0, 0.05) is 46.4 Å². The fourth-order valence-electron chi connectivity index (χ4n) is 2.57. The Balaban J connectivity index is 2.29. The van der Waals surface area contributed by atoms with Crippen LogP contribution in [0.15, 0.2) is 18.2 Å². The average molecular weight is 285 g/mol. The molecule has 0 saturated carbocycles. The van der Waals surface area contributed by atoms with Crippen molar-refractivity contribution >= 4 is 29.1 Å². The number of halogens is 1. The van der Waals surface area contributed by atoms with E-state index in [0.29, 0.717) is 10.5 Å². The van der Waals surface area contributed by atoms with Crippen molar-refractivity contribution in [2.75, 3.05) is 25.0 Å². The molecule has 100 valence electrons. The highest BCUT2D eigenvalue weighted by Crippen LogP contribution is 2.33. The molecule has 0 bridgehead atoms. The summed E-state index contributed by atoms with van der Waals surface area (Å²) in [7, 11) is 1.96. The van der Waals surface area contributed by atoms with E-state index in [0.717, 1.165) is 24.7 Å². The second-order valence-electron chi connectivity index (χ2n) is 4.93. The van der Waals surface area contributed by atoms with E-state index in [4.69, 9.17) is 11.6 Å². The predicted octanol–water partition coefficient (Wildman–Crippen LogP) is 3.39. The quantitative estimate of drug-likeness (QED) is 0.916. The minimum atomic E-state index is 0.676. The number of nitrogens with zero attached hydrogens (tertiary/aromatic N) is 1. The second kappa shape index (κ2) is 6.18. The summed E-state index contributed by atoms with van der Waals surface area (Å²) in [5.41, 5.74) is 2.50. The number of hydrogen-bond acceptors (Lipinski definition) is 3. The molecule has 2 atom stereocenters. The first-order valence-electron chi connectivity index (χ1n) is 6.44. The van der Waals surface area contributed by atoms with Crippen molar-refractivity contribution in [1.82, 2.24) is 5.32 Å². The minimum absolute atomic E-state index is 0.676. The summed E-state index contributed by atoms with van der Waals surface area (Å²) in [6.45, 7) is 7.63. The van der Waals surface area contributed by atoms with Gasteiger partial charge in [-0.2, -0.15) is 11.8 Å². The molecule has 1 aliphatic heterocycles. The number of rotatable bonds is 3. The first-order chi connectivity index (χ1) is 8.61. The fraction of sp³-hybridized carbons (Fsp3) is 0.571. The molecule has 0 amide bonds. The molecule has 0 aliphatic carbocycles. The molecule has 1 fully saturated rings. The third-order valence-corrected chi connectivity index (χ3v) is 4.79. The molecule has 2 nitrogen and oxygen atoms in total. The van der Waals surface area contributed by atoms with Crippen LogP contribution >= 0.6 is 23.4 Å². The van der Waals surface area contributed by atoms with E-state index in [1.807, 2.05) is 19.2 Å². The lowest BCUT2D eigenvalue weighted by molar-refractivity contribution is 0.718. The molecule has 0 aromatic heterocycles. The molecule has 0 radical (unpaired) electrons. The highest BCUT2D eigenvalue weighted by molar-refractivity contribution is 8.00. The standard InChI is InChI=1S/C14H21ClN2S/c1-10-8-17(9-11(2)18-10)14-6-4-5-13(15)12(14)7-16-3/h4-6,10-11,16H,7-9H2,1-3H3. The molecule has 0 spiro atoms. The van der Waals surface area contributed by atoms with Gasteiger partial charge in [0.15, 0.2) is 0 Å². The lowest BCUT2D eigenvalue weighted by Crippen LogP contribution is -2.41. The van der Waals surface area contributed by atoms with E-state index in [-0.39, 0.29) is 0 Å². The van der Waals surface area contributed by atoms with Gasteiger partial charge in [0.25, 0.3) is 0 Å². The monoisotopic (exact) mass is 284 g/mol. The van der Waals surface area contributed by atoms with E-state index in [1.165, 1.54) is 11.3 Å². The van der Waals surface area contributed by atoms with E-state index >= 15 is 0 Å². The number of thioether (sulfide) groups is 1. The zero-order valence-electron chi connectivity index (χ0n) is 11.2. The SMILES string of the molecule is CNCc1c(Cl)cccc1N1CC(C)SC(C)C1.